The molecule has 3 heteroatoms. The molecule has 0 aliphatic heterocycles. The SMILES string of the molecule is Cc1ccc(-n2cc[c]n2)cn1. The molecule has 2 rings (SSSR count). The van der Waals surface area contributed by atoms with Crippen molar-refractivity contribution in [1.82, 2.24) is 14.8 Å². The van der Waals surface area contributed by atoms with Crippen LogP contribution >= 0.6 is 0 Å². The molecule has 3 nitrogen and oxygen atoms in total. The summed E-state index contributed by atoms with van der Waals surface area (Å²) >= 11 is 0. The average Bonchev–Trinajstić information content (AvgIpc) is 2.58. The molecular formula is C9H8N3. The molecule has 0 fully saturated rings. The summed E-state index contributed by atoms with van der Waals surface area (Å²) in [5.74, 6) is 0. The van der Waals surface area contributed by atoms with E-state index in [1.807, 2.05) is 25.3 Å². The summed E-state index contributed by atoms with van der Waals surface area (Å²) in [6.45, 7) is 1.96. The first-order chi connectivity index (χ1) is 5.86. The van der Waals surface area contributed by atoms with Crippen LogP contribution in [0.15, 0.2) is 30.6 Å². The minimum atomic E-state index is 0.960. The van der Waals surface area contributed by atoms with Crippen molar-refractivity contribution in [2.75, 3.05) is 0 Å². The zero-order valence-corrected chi connectivity index (χ0v) is 6.73. The van der Waals surface area contributed by atoms with Crippen molar-refractivity contribution in [1.29, 1.82) is 0 Å². The first-order valence-corrected chi connectivity index (χ1v) is 3.71. The molecule has 0 N–H and O–H groups in total. The Balaban J connectivity index is 2.43. The highest BCUT2D eigenvalue weighted by Crippen LogP contribution is 2.03. The van der Waals surface area contributed by atoms with E-state index in [4.69, 9.17) is 0 Å². The molecule has 1 radical (unpaired) electrons. The molecule has 0 unspecified atom stereocenters. The molecule has 0 bridgehead atoms. The van der Waals surface area contributed by atoms with Gasteiger partial charge in [-0.05, 0) is 25.1 Å². The van der Waals surface area contributed by atoms with E-state index in [9.17, 15) is 0 Å². The third-order valence-electron chi connectivity index (χ3n) is 1.62. The smallest absolute Gasteiger partial charge is 0.113 e. The molecule has 0 aliphatic rings. The second-order valence-electron chi connectivity index (χ2n) is 2.55. The van der Waals surface area contributed by atoms with Crippen molar-refractivity contribution in [3.05, 3.63) is 42.5 Å². The van der Waals surface area contributed by atoms with Crippen molar-refractivity contribution in [3.8, 4) is 5.69 Å². The number of pyridine rings is 1. The van der Waals surface area contributed by atoms with Gasteiger partial charge in [-0.2, -0.15) is 5.10 Å². The number of hydrogen-bond donors (Lipinski definition) is 0. The van der Waals surface area contributed by atoms with Gasteiger partial charge in [0, 0.05) is 11.9 Å². The van der Waals surface area contributed by atoms with E-state index in [0.29, 0.717) is 0 Å². The number of aromatic nitrogens is 3. The highest BCUT2D eigenvalue weighted by atomic mass is 15.3. The Hall–Kier alpha value is -1.64. The van der Waals surface area contributed by atoms with Crippen molar-refractivity contribution < 1.29 is 0 Å². The minimum Gasteiger partial charge on any atom is -0.259 e. The topological polar surface area (TPSA) is 30.7 Å². The summed E-state index contributed by atoms with van der Waals surface area (Å²) in [5.41, 5.74) is 1.97. The van der Waals surface area contributed by atoms with Gasteiger partial charge in [0.1, 0.15) is 6.20 Å². The van der Waals surface area contributed by atoms with E-state index in [1.54, 1.807) is 16.9 Å². The molecule has 0 aromatic carbocycles. The van der Waals surface area contributed by atoms with Gasteiger partial charge in [0.15, 0.2) is 0 Å². The zero-order chi connectivity index (χ0) is 8.39. The summed E-state index contributed by atoms with van der Waals surface area (Å²) in [6.07, 6.45) is 6.36. The van der Waals surface area contributed by atoms with Crippen LogP contribution in [0.4, 0.5) is 0 Å². The third-order valence-corrected chi connectivity index (χ3v) is 1.62. The summed E-state index contributed by atoms with van der Waals surface area (Å²) in [5, 5.41) is 3.97. The van der Waals surface area contributed by atoms with Crippen LogP contribution < -0.4 is 0 Å². The van der Waals surface area contributed by atoms with Crippen molar-refractivity contribution in [3.63, 3.8) is 0 Å². The van der Waals surface area contributed by atoms with Gasteiger partial charge in [0.25, 0.3) is 0 Å². The molecule has 2 heterocycles. The summed E-state index contributed by atoms with van der Waals surface area (Å²) < 4.78 is 1.73. The van der Waals surface area contributed by atoms with Crippen molar-refractivity contribution >= 4 is 0 Å². The predicted molar refractivity (Wildman–Crippen MR) is 44.9 cm³/mol. The standard InChI is InChI=1S/C9H8N3/c1-8-3-4-9(7-10-8)12-6-2-5-11-12/h2-4,6-7H,1H3. The van der Waals surface area contributed by atoms with Gasteiger partial charge in [-0.15, -0.1) is 0 Å². The van der Waals surface area contributed by atoms with E-state index < -0.39 is 0 Å². The predicted octanol–water partition coefficient (Wildman–Crippen LogP) is 1.38. The van der Waals surface area contributed by atoms with Crippen LogP contribution in [0.25, 0.3) is 5.69 Å². The first-order valence-electron chi connectivity index (χ1n) is 3.71. The monoisotopic (exact) mass is 158 g/mol. The molecule has 0 saturated carbocycles. The van der Waals surface area contributed by atoms with Gasteiger partial charge >= 0.3 is 0 Å². The maximum atomic E-state index is 4.16. The second kappa shape index (κ2) is 2.77. The fraction of sp³-hybridized carbons (Fsp3) is 0.111. The van der Waals surface area contributed by atoms with Crippen LogP contribution in [0.1, 0.15) is 5.69 Å². The zero-order valence-electron chi connectivity index (χ0n) is 6.73. The van der Waals surface area contributed by atoms with Gasteiger partial charge in [-0.25, -0.2) is 4.68 Å². The lowest BCUT2D eigenvalue weighted by atomic mass is 10.3. The van der Waals surface area contributed by atoms with Gasteiger partial charge in [0.2, 0.25) is 0 Å². The lowest BCUT2D eigenvalue weighted by molar-refractivity contribution is 0.868. The van der Waals surface area contributed by atoms with Gasteiger partial charge < -0.3 is 0 Å². The van der Waals surface area contributed by atoms with E-state index >= 15 is 0 Å². The van der Waals surface area contributed by atoms with Crippen LogP contribution in [0.3, 0.4) is 0 Å². The van der Waals surface area contributed by atoms with Crippen molar-refractivity contribution in [2.24, 2.45) is 0 Å². The quantitative estimate of drug-likeness (QED) is 0.627. The second-order valence-corrected chi connectivity index (χ2v) is 2.55. The molecule has 59 valence electrons. The normalized spacial score (nSPS) is 10.1. The average molecular weight is 158 g/mol. The summed E-state index contributed by atoms with van der Waals surface area (Å²) in [7, 11) is 0. The van der Waals surface area contributed by atoms with E-state index in [-0.39, 0.29) is 0 Å². The summed E-state index contributed by atoms with van der Waals surface area (Å²) in [4.78, 5) is 4.16. The van der Waals surface area contributed by atoms with Gasteiger partial charge in [-0.3, -0.25) is 4.98 Å². The number of aryl methyl sites for hydroxylation is 1. The Labute approximate surface area is 70.7 Å². The first kappa shape index (κ1) is 7.03. The maximum absolute atomic E-state index is 4.16. The van der Waals surface area contributed by atoms with Crippen molar-refractivity contribution in [2.45, 2.75) is 6.92 Å². The Kier molecular flexibility index (Phi) is 1.63. The molecule has 0 atom stereocenters. The molecule has 2 aromatic heterocycles. The van der Waals surface area contributed by atoms with Crippen LogP contribution in [-0.4, -0.2) is 14.8 Å². The molecule has 0 amide bonds. The van der Waals surface area contributed by atoms with Crippen LogP contribution in [-0.2, 0) is 0 Å². The molecule has 2 aromatic rings. The Morgan fingerprint density at radius 2 is 2.33 bits per heavy atom. The van der Waals surface area contributed by atoms with E-state index in [0.717, 1.165) is 11.4 Å². The minimum absolute atomic E-state index is 0.960. The lowest BCUT2D eigenvalue weighted by Crippen LogP contribution is -1.94. The fourth-order valence-electron chi connectivity index (χ4n) is 0.972. The maximum Gasteiger partial charge on any atom is 0.113 e. The lowest BCUT2D eigenvalue weighted by Gasteiger charge is -1.99. The van der Waals surface area contributed by atoms with Gasteiger partial charge in [-0.1, -0.05) is 0 Å². The molecule has 0 aliphatic carbocycles. The Morgan fingerprint density at radius 3 is 2.92 bits per heavy atom. The van der Waals surface area contributed by atoms with Crippen LogP contribution in [0, 0.1) is 13.1 Å². The Morgan fingerprint density at radius 1 is 1.42 bits per heavy atom. The van der Waals surface area contributed by atoms with Crippen LogP contribution in [0.2, 0.25) is 0 Å². The molecule has 0 saturated heterocycles. The van der Waals surface area contributed by atoms with Gasteiger partial charge in [0.05, 0.1) is 11.9 Å². The highest BCUT2D eigenvalue weighted by molar-refractivity contribution is 5.27. The van der Waals surface area contributed by atoms with E-state index in [2.05, 4.69) is 16.3 Å². The largest absolute Gasteiger partial charge is 0.259 e. The number of nitrogens with zero attached hydrogens (tertiary/aromatic N) is 3. The number of hydrogen-bond acceptors (Lipinski definition) is 2. The number of rotatable bonds is 1. The fourth-order valence-corrected chi connectivity index (χ4v) is 0.972. The summed E-state index contributed by atoms with van der Waals surface area (Å²) in [6, 6.07) is 5.69. The Bertz CT molecular complexity index is 348. The molecule has 12 heavy (non-hydrogen) atoms. The highest BCUT2D eigenvalue weighted by Gasteiger charge is 1.94. The van der Waals surface area contributed by atoms with E-state index in [1.165, 1.54) is 0 Å². The molecule has 0 spiro atoms. The van der Waals surface area contributed by atoms with Crippen LogP contribution in [0.5, 0.6) is 0 Å². The molecular weight excluding hydrogens is 150 g/mol. The third kappa shape index (κ3) is 1.21.